The number of benzene rings is 4. The van der Waals surface area contributed by atoms with Crippen LogP contribution in [0.3, 0.4) is 0 Å². The van der Waals surface area contributed by atoms with Crippen LogP contribution in [0, 0.1) is 0 Å². The fourth-order valence-corrected chi connectivity index (χ4v) is 23.2. The second-order valence-electron chi connectivity index (χ2n) is 29.7. The largest absolute Gasteiger partial charge is 0.438 e. The van der Waals surface area contributed by atoms with Crippen LogP contribution in [0.2, 0.25) is 29.7 Å². The number of ether oxygens (including phenoxy) is 2. The Labute approximate surface area is 579 Å². The fraction of sp³-hybridized carbons (Fsp3) is 0.614. The zero-order valence-electron chi connectivity index (χ0n) is 59.8. The number of carbonyl (C=O) groups excluding carboxylic acids is 2. The maximum absolute atomic E-state index is 13.7. The molecule has 0 spiro atoms. The molecular weight excluding hydrogens is 1310 g/mol. The van der Waals surface area contributed by atoms with Crippen LogP contribution >= 0.6 is 0 Å². The molecule has 2 aliphatic rings. The van der Waals surface area contributed by atoms with Crippen molar-refractivity contribution < 1.29 is 49.5 Å². The summed E-state index contributed by atoms with van der Waals surface area (Å²) >= 11 is 0. The van der Waals surface area contributed by atoms with Gasteiger partial charge in [0.2, 0.25) is 0 Å². The summed E-state index contributed by atoms with van der Waals surface area (Å²) in [5, 5.41) is 11.3. The first-order valence-corrected chi connectivity index (χ1v) is 42.5. The molecule has 0 saturated carbocycles. The fourth-order valence-electron chi connectivity index (χ4n) is 12.1. The van der Waals surface area contributed by atoms with Crippen molar-refractivity contribution >= 4 is 85.8 Å². The van der Waals surface area contributed by atoms with Crippen molar-refractivity contribution in [2.45, 2.75) is 250 Å². The zero-order valence-corrected chi connectivity index (χ0v) is 64.5. The molecule has 96 heavy (non-hydrogen) atoms. The van der Waals surface area contributed by atoms with Crippen molar-refractivity contribution in [1.29, 1.82) is 0 Å². The Morgan fingerprint density at radius 2 is 0.938 bits per heavy atom. The van der Waals surface area contributed by atoms with E-state index in [0.717, 1.165) is 20.7 Å². The first-order valence-electron chi connectivity index (χ1n) is 32.9. The Balaban J connectivity index is 0.000000444. The number of hydrogen-bond acceptors (Lipinski definition) is 10. The van der Waals surface area contributed by atoms with Gasteiger partial charge in [-0.15, -0.1) is 0 Å². The Hall–Kier alpha value is -5.67. The quantitative estimate of drug-likeness (QED) is 0.0150. The highest BCUT2D eigenvalue weighted by atomic mass is 32.2. The number of nitrogens with one attached hydrogen (secondary N) is 1. The number of carbonyl (C=O) groups is 2. The number of hydrogen-bond donors (Lipinski definition) is 1. The average Bonchev–Trinajstić information content (AvgIpc) is 1.66. The van der Waals surface area contributed by atoms with Crippen LogP contribution in [0.15, 0.2) is 136 Å². The van der Waals surface area contributed by atoms with Gasteiger partial charge in [0.05, 0.1) is 38.7 Å². The molecule has 6 rings (SSSR count). The molecule has 4 aromatic rings. The van der Waals surface area contributed by atoms with Crippen molar-refractivity contribution in [2.24, 2.45) is 14.6 Å². The lowest BCUT2D eigenvalue weighted by Crippen LogP contribution is -2.71. The second kappa shape index (κ2) is 35.4. The van der Waals surface area contributed by atoms with Gasteiger partial charge in [0, 0.05) is 48.3 Å². The van der Waals surface area contributed by atoms with Crippen molar-refractivity contribution in [3.8, 4) is 0 Å². The van der Waals surface area contributed by atoms with Crippen LogP contribution in [0.1, 0.15) is 164 Å². The predicted molar refractivity (Wildman–Crippen MR) is 396 cm³/mol. The molecule has 9 atom stereocenters. The molecule has 0 aliphatic carbocycles. The summed E-state index contributed by atoms with van der Waals surface area (Å²) in [6, 6.07) is 40.2. The number of nitrogens with zero attached hydrogens (tertiary/aromatic N) is 9. The molecule has 2 aliphatic heterocycles. The van der Waals surface area contributed by atoms with Gasteiger partial charge in [0.25, 0.3) is 16.6 Å². The topological polar surface area (TPSA) is 234 Å². The lowest BCUT2D eigenvalue weighted by atomic mass is 9.84. The molecule has 0 unspecified atom stereocenters. The summed E-state index contributed by atoms with van der Waals surface area (Å²) in [4.78, 5) is 36.3. The highest BCUT2D eigenvalue weighted by molar-refractivity contribution is 7.85. The second-order valence-corrected chi connectivity index (χ2v) is 47.2. The van der Waals surface area contributed by atoms with E-state index in [1.807, 2.05) is 118 Å². The van der Waals surface area contributed by atoms with Crippen LogP contribution < -0.4 is 25.5 Å². The number of unbranched alkanes of at least 4 members (excludes halogenated alkanes) is 2. The average molecular weight is 1430 g/mol. The van der Waals surface area contributed by atoms with E-state index < -0.39 is 110 Å². The maximum atomic E-state index is 13.7. The number of amides is 2. The van der Waals surface area contributed by atoms with Gasteiger partial charge < -0.3 is 18.3 Å². The van der Waals surface area contributed by atoms with Gasteiger partial charge in [-0.25, -0.2) is 22.7 Å². The van der Waals surface area contributed by atoms with E-state index in [0.29, 0.717) is 64.7 Å². The number of cyclic esters (lactones) is 2. The monoisotopic (exact) mass is 1420 g/mol. The van der Waals surface area contributed by atoms with E-state index in [4.69, 9.17) is 29.4 Å². The normalized spacial score (nSPS) is 20.4. The highest BCUT2D eigenvalue weighted by Crippen LogP contribution is 2.45. The number of alkyl halides is 3. The SMILES string of the molecule is C.CC[C@@H](O[Si](c1ccccc1)(c1ccccc1)C(C)(C)C)[C@@]1(C)OC(=O)N(CCCCN=[N+]=[N-])[C@@H]1C=N[S@](=O)C(C)(C)C.CC[C@@H](O[Si](c1ccccc1)(c1ccccc1)C(C)(C)C)[C@@]1(C)OC(=O)N(CCCCN=[N+]=[N-])[C@@H]1[C@@H](C)N[S@](=O)C(C)(C)C.C[Si](C)(C)C(F)(F)F. The number of azide groups is 2. The van der Waals surface area contributed by atoms with Gasteiger partial charge in [-0.05, 0) is 143 Å². The summed E-state index contributed by atoms with van der Waals surface area (Å²) in [5.74, 6) is -3.92. The van der Waals surface area contributed by atoms with Gasteiger partial charge in [-0.3, -0.25) is 9.80 Å². The van der Waals surface area contributed by atoms with Crippen LogP contribution in [0.25, 0.3) is 20.9 Å². The van der Waals surface area contributed by atoms with Crippen LogP contribution in [0.4, 0.5) is 22.8 Å². The third-order valence-electron chi connectivity index (χ3n) is 17.4. The molecule has 0 bridgehead atoms. The van der Waals surface area contributed by atoms with Crippen molar-refractivity contribution in [2.75, 3.05) is 26.2 Å². The van der Waals surface area contributed by atoms with Crippen molar-refractivity contribution in [1.82, 2.24) is 14.5 Å². The molecule has 18 nitrogen and oxygen atoms in total. The van der Waals surface area contributed by atoms with Crippen molar-refractivity contribution in [3.05, 3.63) is 142 Å². The summed E-state index contributed by atoms with van der Waals surface area (Å²) in [5.41, 5.74) is 15.1. The van der Waals surface area contributed by atoms with Gasteiger partial charge in [0.1, 0.15) is 17.0 Å². The highest BCUT2D eigenvalue weighted by Gasteiger charge is 2.62. The number of rotatable bonds is 27. The van der Waals surface area contributed by atoms with E-state index >= 15 is 0 Å². The van der Waals surface area contributed by atoms with Gasteiger partial charge in [-0.1, -0.05) is 214 Å². The van der Waals surface area contributed by atoms with Crippen LogP contribution in [-0.2, 0) is 40.3 Å². The molecule has 26 heteroatoms. The Morgan fingerprint density at radius 1 is 0.604 bits per heavy atom. The third-order valence-corrected chi connectivity index (χ3v) is 32.2. The molecule has 0 aromatic heterocycles. The maximum Gasteiger partial charge on any atom is 0.411 e. The molecule has 534 valence electrons. The van der Waals surface area contributed by atoms with E-state index in [-0.39, 0.29) is 23.5 Å². The van der Waals surface area contributed by atoms with Gasteiger partial charge >= 0.3 is 18.0 Å². The molecule has 2 heterocycles. The number of halogens is 3. The minimum atomic E-state index is -3.92. The Kier molecular flexibility index (Phi) is 31.2. The molecule has 2 saturated heterocycles. The van der Waals surface area contributed by atoms with E-state index in [2.05, 4.69) is 150 Å². The van der Waals surface area contributed by atoms with Crippen LogP contribution in [-0.4, -0.2) is 144 Å². The van der Waals surface area contributed by atoms with Crippen molar-refractivity contribution in [3.63, 3.8) is 0 Å². The molecular formula is C70H111F3N10O8S2Si3. The van der Waals surface area contributed by atoms with Gasteiger partial charge in [0.15, 0.2) is 19.3 Å². The summed E-state index contributed by atoms with van der Waals surface area (Å²) in [7, 11) is -11.7. The molecule has 0 radical (unpaired) electrons. The van der Waals surface area contributed by atoms with Crippen LogP contribution in [0.5, 0.6) is 0 Å². The smallest absolute Gasteiger partial charge is 0.411 e. The molecule has 2 fully saturated rings. The van der Waals surface area contributed by atoms with E-state index in [9.17, 15) is 31.2 Å². The summed E-state index contributed by atoms with van der Waals surface area (Å²) in [6.45, 7) is 40.1. The zero-order chi connectivity index (χ0) is 71.7. The van der Waals surface area contributed by atoms with E-state index in [1.54, 1.807) is 16.0 Å². The molecule has 4 aromatic carbocycles. The lowest BCUT2D eigenvalue weighted by Gasteiger charge is -2.49. The van der Waals surface area contributed by atoms with E-state index in [1.165, 1.54) is 19.6 Å². The standard InChI is InChI=1S/C33H51N5O4SSi.C32H47N5O4SSi.C4H9F3Si.CH4/c1-10-28(42-44(32(6,7)8,26-19-13-11-14-20-26)27-21-15-12-16-22-27)33(9)29(25(2)36-43(40)31(3,4)5)38(30(39)41-33)24-18-17-23-35-37-34;1-9-28(41-43(31(5,6)7,25-18-12-10-13-19-25)26-20-14-11-15-21-26)32(8)27(24-35-42(39)30(2,3)4)37(29(38)40-32)23-17-16-22-34-36-33;1-8(2,3)4(5,6)7;/h11-16,19-22,25,28-29,36H,10,17-18,23-24H2,1-9H3;10-15,18-21,24,27-28H,9,16-17,22-23H2,1-8H3;1-3H3;1H4/t25-,28-,29-,33-,43-;27-,28-,32+,42-;;/m11../s1. The van der Waals surface area contributed by atoms with Gasteiger partial charge in [-0.2, -0.15) is 17.6 Å². The summed E-state index contributed by atoms with van der Waals surface area (Å²) in [6.07, 6.45) is 3.47. The Bertz CT molecular complexity index is 3180. The minimum absolute atomic E-state index is 0. The summed E-state index contributed by atoms with van der Waals surface area (Å²) < 4.78 is 95.7. The third kappa shape index (κ3) is 20.7. The Morgan fingerprint density at radius 3 is 1.25 bits per heavy atom. The first-order chi connectivity index (χ1) is 44.1. The predicted octanol–water partition coefficient (Wildman–Crippen LogP) is 16.1. The lowest BCUT2D eigenvalue weighted by molar-refractivity contribution is -0.0572. The first kappa shape index (κ1) is 84.6. The molecule has 1 N–H and O–H groups in total. The minimum Gasteiger partial charge on any atom is -0.438 e. The molecule has 2 amide bonds.